The number of rotatable bonds is 5. The SMILES string of the molecule is CNC(=O)C(C)CN(C)C(=O)OCc1ccccc1. The molecule has 0 aliphatic rings. The molecular weight excluding hydrogens is 244 g/mol. The van der Waals surface area contributed by atoms with Gasteiger partial charge in [-0.1, -0.05) is 37.3 Å². The molecule has 104 valence electrons. The summed E-state index contributed by atoms with van der Waals surface area (Å²) in [6.45, 7) is 2.32. The molecule has 0 saturated heterocycles. The standard InChI is InChI=1S/C14H20N2O3/c1-11(13(17)15-2)9-16(3)14(18)19-10-12-7-5-4-6-8-12/h4-8,11H,9-10H2,1-3H3,(H,15,17). The summed E-state index contributed by atoms with van der Waals surface area (Å²) in [4.78, 5) is 24.5. The van der Waals surface area contributed by atoms with Crippen LogP contribution in [0.5, 0.6) is 0 Å². The third-order valence-corrected chi connectivity index (χ3v) is 2.76. The molecule has 1 N–H and O–H groups in total. The van der Waals surface area contributed by atoms with Gasteiger partial charge in [-0.05, 0) is 5.56 Å². The lowest BCUT2D eigenvalue weighted by Crippen LogP contribution is -2.37. The molecule has 2 amide bonds. The quantitative estimate of drug-likeness (QED) is 0.879. The molecule has 0 bridgehead atoms. The maximum atomic E-state index is 11.7. The average molecular weight is 264 g/mol. The molecule has 0 aromatic heterocycles. The maximum Gasteiger partial charge on any atom is 0.409 e. The van der Waals surface area contributed by atoms with Crippen molar-refractivity contribution in [3.63, 3.8) is 0 Å². The van der Waals surface area contributed by atoms with Crippen molar-refractivity contribution in [1.82, 2.24) is 10.2 Å². The smallest absolute Gasteiger partial charge is 0.409 e. The topological polar surface area (TPSA) is 58.6 Å². The maximum absolute atomic E-state index is 11.7. The first kappa shape index (κ1) is 15.0. The number of hydrogen-bond acceptors (Lipinski definition) is 3. The molecule has 0 aliphatic heterocycles. The largest absolute Gasteiger partial charge is 0.445 e. The number of nitrogens with zero attached hydrogens (tertiary/aromatic N) is 1. The van der Waals surface area contributed by atoms with Crippen LogP contribution < -0.4 is 5.32 Å². The Balaban J connectivity index is 2.39. The van der Waals surface area contributed by atoms with Crippen molar-refractivity contribution in [3.05, 3.63) is 35.9 Å². The molecule has 19 heavy (non-hydrogen) atoms. The van der Waals surface area contributed by atoms with Crippen molar-refractivity contribution in [2.75, 3.05) is 20.6 Å². The first-order valence-corrected chi connectivity index (χ1v) is 6.18. The van der Waals surface area contributed by atoms with Crippen LogP contribution in [0.15, 0.2) is 30.3 Å². The first-order chi connectivity index (χ1) is 9.04. The van der Waals surface area contributed by atoms with E-state index in [-0.39, 0.29) is 18.4 Å². The highest BCUT2D eigenvalue weighted by Gasteiger charge is 2.18. The van der Waals surface area contributed by atoms with Crippen LogP contribution in [0, 0.1) is 5.92 Å². The van der Waals surface area contributed by atoms with Gasteiger partial charge in [-0.25, -0.2) is 4.79 Å². The Hall–Kier alpha value is -2.04. The molecule has 5 nitrogen and oxygen atoms in total. The van der Waals surface area contributed by atoms with E-state index in [0.29, 0.717) is 6.54 Å². The van der Waals surface area contributed by atoms with E-state index in [1.54, 1.807) is 21.0 Å². The van der Waals surface area contributed by atoms with Gasteiger partial charge in [-0.2, -0.15) is 0 Å². The Morgan fingerprint density at radius 1 is 1.32 bits per heavy atom. The molecule has 0 fully saturated rings. The molecule has 5 heteroatoms. The van der Waals surface area contributed by atoms with E-state index in [4.69, 9.17) is 4.74 Å². The summed E-state index contributed by atoms with van der Waals surface area (Å²) in [7, 11) is 3.19. The summed E-state index contributed by atoms with van der Waals surface area (Å²) in [6, 6.07) is 9.46. The molecule has 0 heterocycles. The Labute approximate surface area is 113 Å². The van der Waals surface area contributed by atoms with Gasteiger partial charge >= 0.3 is 6.09 Å². The Kier molecular flexibility index (Phi) is 5.85. The van der Waals surface area contributed by atoms with Gasteiger partial charge in [0.25, 0.3) is 0 Å². The molecule has 1 rings (SSSR count). The van der Waals surface area contributed by atoms with Crippen LogP contribution in [-0.4, -0.2) is 37.5 Å². The van der Waals surface area contributed by atoms with Crippen LogP contribution in [0.4, 0.5) is 4.79 Å². The van der Waals surface area contributed by atoms with Crippen molar-refractivity contribution in [3.8, 4) is 0 Å². The summed E-state index contributed by atoms with van der Waals surface area (Å²) in [6.07, 6.45) is -0.431. The normalized spacial score (nSPS) is 11.5. The Morgan fingerprint density at radius 3 is 2.53 bits per heavy atom. The van der Waals surface area contributed by atoms with Crippen LogP contribution in [0.3, 0.4) is 0 Å². The number of nitrogens with one attached hydrogen (secondary N) is 1. The zero-order chi connectivity index (χ0) is 14.3. The van der Waals surface area contributed by atoms with E-state index >= 15 is 0 Å². The van der Waals surface area contributed by atoms with Crippen molar-refractivity contribution >= 4 is 12.0 Å². The summed E-state index contributed by atoms with van der Waals surface area (Å²) >= 11 is 0. The second kappa shape index (κ2) is 7.41. The fourth-order valence-electron chi connectivity index (χ4n) is 1.64. The highest BCUT2D eigenvalue weighted by Crippen LogP contribution is 2.04. The Bertz CT molecular complexity index is 420. The predicted molar refractivity (Wildman–Crippen MR) is 72.5 cm³/mol. The molecule has 0 aliphatic carbocycles. The van der Waals surface area contributed by atoms with E-state index in [0.717, 1.165) is 5.56 Å². The van der Waals surface area contributed by atoms with E-state index in [9.17, 15) is 9.59 Å². The van der Waals surface area contributed by atoms with Crippen LogP contribution in [0.25, 0.3) is 0 Å². The fraction of sp³-hybridized carbons (Fsp3) is 0.429. The minimum absolute atomic E-state index is 0.0947. The Morgan fingerprint density at radius 2 is 1.95 bits per heavy atom. The van der Waals surface area contributed by atoms with Gasteiger partial charge in [0, 0.05) is 20.6 Å². The molecule has 1 aromatic carbocycles. The van der Waals surface area contributed by atoms with E-state index in [1.165, 1.54) is 4.90 Å². The lowest BCUT2D eigenvalue weighted by Gasteiger charge is -2.20. The molecule has 0 saturated carbocycles. The van der Waals surface area contributed by atoms with Crippen LogP contribution in [0.2, 0.25) is 0 Å². The first-order valence-electron chi connectivity index (χ1n) is 6.18. The number of amides is 2. The second-order valence-electron chi connectivity index (χ2n) is 4.44. The van der Waals surface area contributed by atoms with Gasteiger partial charge in [0.2, 0.25) is 5.91 Å². The van der Waals surface area contributed by atoms with Crippen molar-refractivity contribution < 1.29 is 14.3 Å². The molecule has 1 unspecified atom stereocenters. The average Bonchev–Trinajstić information content (AvgIpc) is 2.44. The van der Waals surface area contributed by atoms with E-state index in [1.807, 2.05) is 30.3 Å². The van der Waals surface area contributed by atoms with Gasteiger partial charge in [0.05, 0.1) is 5.92 Å². The molecule has 0 radical (unpaired) electrons. The minimum atomic E-state index is -0.431. The van der Waals surface area contributed by atoms with Crippen molar-refractivity contribution in [1.29, 1.82) is 0 Å². The van der Waals surface area contributed by atoms with Gasteiger partial charge in [0.15, 0.2) is 0 Å². The highest BCUT2D eigenvalue weighted by molar-refractivity contribution is 5.78. The number of carbonyl (C=O) groups excluding carboxylic acids is 2. The van der Waals surface area contributed by atoms with Gasteiger partial charge < -0.3 is 15.0 Å². The molecule has 0 spiro atoms. The van der Waals surface area contributed by atoms with Gasteiger partial charge in [0.1, 0.15) is 6.61 Å². The summed E-state index contributed by atoms with van der Waals surface area (Å²) < 4.78 is 5.16. The highest BCUT2D eigenvalue weighted by atomic mass is 16.6. The minimum Gasteiger partial charge on any atom is -0.445 e. The zero-order valence-electron chi connectivity index (χ0n) is 11.6. The lowest BCUT2D eigenvalue weighted by atomic mass is 10.1. The van der Waals surface area contributed by atoms with Crippen molar-refractivity contribution in [2.24, 2.45) is 5.92 Å². The lowest BCUT2D eigenvalue weighted by molar-refractivity contribution is -0.124. The zero-order valence-corrected chi connectivity index (χ0v) is 11.6. The summed E-state index contributed by atoms with van der Waals surface area (Å²) in [5.74, 6) is -0.359. The van der Waals surface area contributed by atoms with Crippen LogP contribution >= 0.6 is 0 Å². The monoisotopic (exact) mass is 264 g/mol. The third-order valence-electron chi connectivity index (χ3n) is 2.76. The second-order valence-corrected chi connectivity index (χ2v) is 4.44. The van der Waals surface area contributed by atoms with Crippen LogP contribution in [0.1, 0.15) is 12.5 Å². The van der Waals surface area contributed by atoms with E-state index in [2.05, 4.69) is 5.32 Å². The van der Waals surface area contributed by atoms with Crippen LogP contribution in [-0.2, 0) is 16.1 Å². The third kappa shape index (κ3) is 4.99. The molecular formula is C14H20N2O3. The molecule has 1 atom stereocenters. The number of hydrogen-bond donors (Lipinski definition) is 1. The van der Waals surface area contributed by atoms with Crippen molar-refractivity contribution in [2.45, 2.75) is 13.5 Å². The fourth-order valence-corrected chi connectivity index (χ4v) is 1.64. The van der Waals surface area contributed by atoms with E-state index < -0.39 is 6.09 Å². The number of benzene rings is 1. The number of ether oxygens (including phenoxy) is 1. The molecule has 1 aromatic rings. The van der Waals surface area contributed by atoms with Gasteiger partial charge in [-0.3, -0.25) is 4.79 Å². The number of carbonyl (C=O) groups is 2. The summed E-state index contributed by atoms with van der Waals surface area (Å²) in [5, 5.41) is 2.55. The summed E-state index contributed by atoms with van der Waals surface area (Å²) in [5.41, 5.74) is 0.934. The predicted octanol–water partition coefficient (Wildman–Crippen LogP) is 1.64. The van der Waals surface area contributed by atoms with Gasteiger partial charge in [-0.15, -0.1) is 0 Å².